The molecule has 116 valence electrons. The normalized spacial score (nSPS) is 20.0. The average molecular weight is 297 g/mol. The van der Waals surface area contributed by atoms with Gasteiger partial charge < -0.3 is 15.3 Å². The van der Waals surface area contributed by atoms with Gasteiger partial charge in [0.1, 0.15) is 5.82 Å². The van der Waals surface area contributed by atoms with Gasteiger partial charge in [0.25, 0.3) is 0 Å². The second kappa shape index (κ2) is 7.38. The summed E-state index contributed by atoms with van der Waals surface area (Å²) >= 11 is 0. The molecule has 0 amide bonds. The number of aliphatic hydroxyl groups is 1. The Morgan fingerprint density at radius 2 is 2.00 bits per heavy atom. The predicted molar refractivity (Wildman–Crippen MR) is 88.7 cm³/mol. The number of nitrogens with one attached hydrogen (secondary N) is 1. The van der Waals surface area contributed by atoms with Crippen molar-refractivity contribution >= 4 is 5.82 Å². The van der Waals surface area contributed by atoms with Crippen molar-refractivity contribution in [2.45, 2.75) is 12.5 Å². The Morgan fingerprint density at radius 3 is 2.77 bits per heavy atom. The summed E-state index contributed by atoms with van der Waals surface area (Å²) in [6.07, 6.45) is 2.57. The lowest BCUT2D eigenvalue weighted by Gasteiger charge is -2.20. The zero-order valence-electron chi connectivity index (χ0n) is 12.7. The number of rotatable bonds is 6. The highest BCUT2D eigenvalue weighted by Crippen LogP contribution is 2.21. The molecule has 1 aliphatic rings. The van der Waals surface area contributed by atoms with Crippen molar-refractivity contribution in [2.75, 3.05) is 31.5 Å². The van der Waals surface area contributed by atoms with Crippen LogP contribution in [0.1, 0.15) is 18.1 Å². The smallest absolute Gasteiger partial charge is 0.125 e. The Kier molecular flexibility index (Phi) is 5.03. The van der Waals surface area contributed by atoms with E-state index in [9.17, 15) is 5.11 Å². The molecule has 3 rings (SSSR count). The first kappa shape index (κ1) is 15.0. The number of nitrogens with zero attached hydrogens (tertiary/aromatic N) is 2. The summed E-state index contributed by atoms with van der Waals surface area (Å²) in [7, 11) is 0. The monoisotopic (exact) mass is 297 g/mol. The molecule has 0 spiro atoms. The first-order valence-electron chi connectivity index (χ1n) is 7.91. The Hall–Kier alpha value is -1.91. The largest absolute Gasteiger partial charge is 0.387 e. The summed E-state index contributed by atoms with van der Waals surface area (Å²) < 4.78 is 0. The third-order valence-corrected chi connectivity index (χ3v) is 4.22. The number of hydrogen-bond donors (Lipinski definition) is 2. The van der Waals surface area contributed by atoms with Gasteiger partial charge in [0.2, 0.25) is 0 Å². The molecule has 1 fully saturated rings. The number of benzene rings is 1. The molecule has 4 nitrogen and oxygen atoms in total. The number of aromatic nitrogens is 1. The SMILES string of the molecule is OC(CN1CCC(CNc2ccccn2)C1)c1ccccc1. The highest BCUT2D eigenvalue weighted by molar-refractivity contribution is 5.33. The molecule has 2 unspecified atom stereocenters. The third-order valence-electron chi connectivity index (χ3n) is 4.22. The van der Waals surface area contributed by atoms with Crippen LogP contribution in [-0.2, 0) is 0 Å². The molecule has 2 aromatic rings. The lowest BCUT2D eigenvalue weighted by atomic mass is 10.1. The van der Waals surface area contributed by atoms with E-state index in [0.717, 1.165) is 31.0 Å². The molecule has 4 heteroatoms. The summed E-state index contributed by atoms with van der Waals surface area (Å²) in [5.74, 6) is 1.55. The van der Waals surface area contributed by atoms with Gasteiger partial charge in [0, 0.05) is 25.8 Å². The summed E-state index contributed by atoms with van der Waals surface area (Å²) in [6, 6.07) is 15.8. The van der Waals surface area contributed by atoms with E-state index in [1.165, 1.54) is 6.42 Å². The second-order valence-electron chi connectivity index (χ2n) is 5.94. The molecule has 0 aliphatic carbocycles. The van der Waals surface area contributed by atoms with Crippen molar-refractivity contribution in [2.24, 2.45) is 5.92 Å². The second-order valence-corrected chi connectivity index (χ2v) is 5.94. The molecule has 0 saturated carbocycles. The van der Waals surface area contributed by atoms with Gasteiger partial charge in [-0.1, -0.05) is 36.4 Å². The van der Waals surface area contributed by atoms with Crippen LogP contribution >= 0.6 is 0 Å². The maximum atomic E-state index is 10.3. The third kappa shape index (κ3) is 4.06. The minimum absolute atomic E-state index is 0.399. The van der Waals surface area contributed by atoms with E-state index in [0.29, 0.717) is 12.5 Å². The lowest BCUT2D eigenvalue weighted by molar-refractivity contribution is 0.124. The van der Waals surface area contributed by atoms with E-state index in [4.69, 9.17) is 0 Å². The fraction of sp³-hybridized carbons (Fsp3) is 0.389. The first-order chi connectivity index (χ1) is 10.8. The Morgan fingerprint density at radius 1 is 1.18 bits per heavy atom. The summed E-state index contributed by atoms with van der Waals surface area (Å²) in [5, 5.41) is 13.7. The van der Waals surface area contributed by atoms with Gasteiger partial charge in [0.05, 0.1) is 6.10 Å². The van der Waals surface area contributed by atoms with Gasteiger partial charge >= 0.3 is 0 Å². The van der Waals surface area contributed by atoms with Crippen molar-refractivity contribution in [1.29, 1.82) is 0 Å². The Balaban J connectivity index is 1.44. The zero-order valence-corrected chi connectivity index (χ0v) is 12.7. The molecule has 22 heavy (non-hydrogen) atoms. The van der Waals surface area contributed by atoms with Crippen LogP contribution in [0.25, 0.3) is 0 Å². The molecule has 0 bridgehead atoms. The van der Waals surface area contributed by atoms with Gasteiger partial charge in [-0.05, 0) is 36.6 Å². The molecule has 0 radical (unpaired) electrons. The van der Waals surface area contributed by atoms with Gasteiger partial charge in [-0.15, -0.1) is 0 Å². The van der Waals surface area contributed by atoms with Gasteiger partial charge in [-0.2, -0.15) is 0 Å². The van der Waals surface area contributed by atoms with Crippen molar-refractivity contribution in [3.8, 4) is 0 Å². The number of aliphatic hydroxyl groups excluding tert-OH is 1. The van der Waals surface area contributed by atoms with E-state index >= 15 is 0 Å². The van der Waals surface area contributed by atoms with Crippen LogP contribution in [0.2, 0.25) is 0 Å². The van der Waals surface area contributed by atoms with Crippen LogP contribution < -0.4 is 5.32 Å². The fourth-order valence-electron chi connectivity index (χ4n) is 2.99. The highest BCUT2D eigenvalue weighted by Gasteiger charge is 2.24. The maximum Gasteiger partial charge on any atom is 0.125 e. The molecule has 1 aliphatic heterocycles. The van der Waals surface area contributed by atoms with Gasteiger partial charge in [-0.3, -0.25) is 0 Å². The van der Waals surface area contributed by atoms with Crippen LogP contribution in [0.5, 0.6) is 0 Å². The number of likely N-dealkylation sites (tertiary alicyclic amines) is 1. The van der Waals surface area contributed by atoms with Crippen molar-refractivity contribution in [3.63, 3.8) is 0 Å². The molecule has 1 aromatic carbocycles. The Bertz CT molecular complexity index is 561. The topological polar surface area (TPSA) is 48.4 Å². The van der Waals surface area contributed by atoms with E-state index in [1.807, 2.05) is 48.5 Å². The minimum atomic E-state index is -0.399. The van der Waals surface area contributed by atoms with E-state index in [-0.39, 0.29) is 0 Å². The number of β-amino-alcohol motifs (C(OH)–C–C–N with tert-alkyl or cyclic N) is 1. The molecule has 2 atom stereocenters. The lowest BCUT2D eigenvalue weighted by Crippen LogP contribution is -2.27. The van der Waals surface area contributed by atoms with Crippen molar-refractivity contribution < 1.29 is 5.11 Å². The van der Waals surface area contributed by atoms with Crippen LogP contribution in [-0.4, -0.2) is 41.2 Å². The number of anilines is 1. The summed E-state index contributed by atoms with van der Waals surface area (Å²) in [4.78, 5) is 6.63. The number of hydrogen-bond acceptors (Lipinski definition) is 4. The van der Waals surface area contributed by atoms with Crippen molar-refractivity contribution in [3.05, 3.63) is 60.3 Å². The highest BCUT2D eigenvalue weighted by atomic mass is 16.3. The van der Waals surface area contributed by atoms with E-state index in [2.05, 4.69) is 15.2 Å². The van der Waals surface area contributed by atoms with Crippen LogP contribution in [0.15, 0.2) is 54.7 Å². The van der Waals surface area contributed by atoms with E-state index in [1.54, 1.807) is 6.20 Å². The standard InChI is InChI=1S/C18H23N3O/c22-17(16-6-2-1-3-7-16)14-21-11-9-15(13-21)12-20-18-8-4-5-10-19-18/h1-8,10,15,17,22H,9,11-14H2,(H,19,20). The fourth-order valence-corrected chi connectivity index (χ4v) is 2.99. The molecular formula is C18H23N3O. The first-order valence-corrected chi connectivity index (χ1v) is 7.91. The zero-order chi connectivity index (χ0) is 15.2. The van der Waals surface area contributed by atoms with Crippen LogP contribution in [0.3, 0.4) is 0 Å². The maximum absolute atomic E-state index is 10.3. The minimum Gasteiger partial charge on any atom is -0.387 e. The van der Waals surface area contributed by atoms with Crippen LogP contribution in [0, 0.1) is 5.92 Å². The predicted octanol–water partition coefficient (Wildman–Crippen LogP) is 2.55. The molecular weight excluding hydrogens is 274 g/mol. The van der Waals surface area contributed by atoms with E-state index < -0.39 is 6.10 Å². The van der Waals surface area contributed by atoms with Crippen molar-refractivity contribution in [1.82, 2.24) is 9.88 Å². The molecule has 2 heterocycles. The molecule has 1 aromatic heterocycles. The Labute approximate surface area is 131 Å². The van der Waals surface area contributed by atoms with Crippen LogP contribution in [0.4, 0.5) is 5.82 Å². The van der Waals surface area contributed by atoms with Gasteiger partial charge in [0.15, 0.2) is 0 Å². The summed E-state index contributed by atoms with van der Waals surface area (Å²) in [6.45, 7) is 3.74. The summed E-state index contributed by atoms with van der Waals surface area (Å²) in [5.41, 5.74) is 0.998. The quantitative estimate of drug-likeness (QED) is 0.860. The molecule has 2 N–H and O–H groups in total. The number of pyridine rings is 1. The van der Waals surface area contributed by atoms with Gasteiger partial charge in [-0.25, -0.2) is 4.98 Å². The average Bonchev–Trinajstić information content (AvgIpc) is 3.02. The molecule has 1 saturated heterocycles.